The lowest BCUT2D eigenvalue weighted by molar-refractivity contribution is 0.144. The van der Waals surface area contributed by atoms with Crippen LogP contribution in [0.2, 0.25) is 0 Å². The maximum atomic E-state index is 12.8. The van der Waals surface area contributed by atoms with Gasteiger partial charge in [-0.15, -0.1) is 0 Å². The van der Waals surface area contributed by atoms with E-state index in [4.69, 9.17) is 14.2 Å². The fourth-order valence-electron chi connectivity index (χ4n) is 3.66. The topological polar surface area (TPSA) is 73.9 Å². The highest BCUT2D eigenvalue weighted by Gasteiger charge is 2.19. The van der Waals surface area contributed by atoms with Crippen molar-refractivity contribution < 1.29 is 22.6 Å². The van der Waals surface area contributed by atoms with Gasteiger partial charge in [-0.25, -0.2) is 8.42 Å². The molecule has 0 heterocycles. The van der Waals surface area contributed by atoms with Crippen LogP contribution in [-0.2, 0) is 14.8 Å². The third kappa shape index (κ3) is 5.64. The molecule has 1 aliphatic carbocycles. The molecule has 2 aromatic carbocycles. The van der Waals surface area contributed by atoms with Crippen molar-refractivity contribution in [2.24, 2.45) is 0 Å². The molecule has 1 aliphatic rings. The minimum absolute atomic E-state index is 0.245. The number of ether oxygens (including phenoxy) is 3. The smallest absolute Gasteiger partial charge is 0.261 e. The van der Waals surface area contributed by atoms with Crippen molar-refractivity contribution >= 4 is 15.7 Å². The molecule has 0 spiro atoms. The number of hydrogen-bond acceptors (Lipinski definition) is 5. The summed E-state index contributed by atoms with van der Waals surface area (Å²) in [5.41, 5.74) is 1.64. The van der Waals surface area contributed by atoms with Gasteiger partial charge in [-0.3, -0.25) is 4.72 Å². The van der Waals surface area contributed by atoms with E-state index < -0.39 is 10.0 Å². The number of hydrogen-bond donors (Lipinski definition) is 1. The molecule has 1 N–H and O–H groups in total. The van der Waals surface area contributed by atoms with Crippen LogP contribution in [0.4, 0.5) is 5.69 Å². The van der Waals surface area contributed by atoms with Gasteiger partial charge in [0, 0.05) is 13.2 Å². The van der Waals surface area contributed by atoms with Crippen LogP contribution in [0.1, 0.15) is 43.6 Å². The molecule has 0 unspecified atom stereocenters. The number of methoxy groups -OCH3 is 2. The van der Waals surface area contributed by atoms with Crippen LogP contribution in [0.3, 0.4) is 0 Å². The van der Waals surface area contributed by atoms with Crippen molar-refractivity contribution in [3.8, 4) is 11.5 Å². The van der Waals surface area contributed by atoms with Crippen LogP contribution in [0.15, 0.2) is 47.4 Å². The molecular weight excluding hydrogens is 390 g/mol. The Labute approximate surface area is 173 Å². The van der Waals surface area contributed by atoms with Crippen LogP contribution >= 0.6 is 0 Å². The number of anilines is 1. The summed E-state index contributed by atoms with van der Waals surface area (Å²) in [7, 11) is -0.567. The molecule has 0 saturated heterocycles. The van der Waals surface area contributed by atoms with Crippen LogP contribution in [0, 0.1) is 0 Å². The van der Waals surface area contributed by atoms with Gasteiger partial charge in [0.2, 0.25) is 0 Å². The zero-order chi connectivity index (χ0) is 20.7. The molecule has 1 fully saturated rings. The molecule has 3 rings (SSSR count). The fourth-order valence-corrected chi connectivity index (χ4v) is 4.71. The number of benzene rings is 2. The Morgan fingerprint density at radius 1 is 0.931 bits per heavy atom. The van der Waals surface area contributed by atoms with Gasteiger partial charge in [0.25, 0.3) is 10.0 Å². The first-order valence-electron chi connectivity index (χ1n) is 9.96. The summed E-state index contributed by atoms with van der Waals surface area (Å²) < 4.78 is 44.1. The van der Waals surface area contributed by atoms with Gasteiger partial charge in [0.1, 0.15) is 6.61 Å². The van der Waals surface area contributed by atoms with Crippen LogP contribution < -0.4 is 14.2 Å². The zero-order valence-electron chi connectivity index (χ0n) is 17.0. The first-order valence-corrected chi connectivity index (χ1v) is 11.4. The SMILES string of the molecule is COCCOc1cc(NS(=O)(=O)c2ccc(C3CCCCC3)cc2)ccc1OC. The van der Waals surface area contributed by atoms with Crippen molar-refractivity contribution in [1.29, 1.82) is 0 Å². The van der Waals surface area contributed by atoms with Gasteiger partial charge >= 0.3 is 0 Å². The van der Waals surface area contributed by atoms with Crippen LogP contribution in [0.5, 0.6) is 11.5 Å². The number of nitrogens with one attached hydrogen (secondary N) is 1. The summed E-state index contributed by atoms with van der Waals surface area (Å²) in [6.07, 6.45) is 6.16. The van der Waals surface area contributed by atoms with Crippen molar-refractivity contribution in [1.82, 2.24) is 0 Å². The van der Waals surface area contributed by atoms with Crippen molar-refractivity contribution in [3.63, 3.8) is 0 Å². The molecule has 158 valence electrons. The lowest BCUT2D eigenvalue weighted by Crippen LogP contribution is -2.14. The average Bonchev–Trinajstić information content (AvgIpc) is 2.75. The number of rotatable bonds is 9. The molecule has 7 heteroatoms. The largest absolute Gasteiger partial charge is 0.493 e. The Balaban J connectivity index is 1.73. The normalized spacial score (nSPS) is 15.1. The Bertz CT molecular complexity index is 890. The molecule has 0 aliphatic heterocycles. The molecular formula is C22H29NO5S. The molecule has 6 nitrogen and oxygen atoms in total. The Kier molecular flexibility index (Phi) is 7.39. The van der Waals surface area contributed by atoms with Gasteiger partial charge < -0.3 is 14.2 Å². The van der Waals surface area contributed by atoms with E-state index in [1.807, 2.05) is 12.1 Å². The summed E-state index contributed by atoms with van der Waals surface area (Å²) in [6.45, 7) is 0.762. The predicted octanol–water partition coefficient (Wildman–Crippen LogP) is 4.57. The quantitative estimate of drug-likeness (QED) is 0.603. The first kappa shape index (κ1) is 21.5. The molecule has 0 atom stereocenters. The van der Waals surface area contributed by atoms with E-state index in [1.165, 1.54) is 44.8 Å². The van der Waals surface area contributed by atoms with Crippen LogP contribution in [-0.4, -0.2) is 35.9 Å². The second-order valence-electron chi connectivity index (χ2n) is 7.22. The standard InChI is InChI=1S/C22H29NO5S/c1-26-14-15-28-22-16-19(10-13-21(22)27-2)23-29(24,25)20-11-8-18(9-12-20)17-6-4-3-5-7-17/h8-13,16-17,23H,3-7,14-15H2,1-2H3. The molecule has 0 radical (unpaired) electrons. The summed E-state index contributed by atoms with van der Waals surface area (Å²) >= 11 is 0. The van der Waals surface area contributed by atoms with E-state index in [0.717, 1.165) is 0 Å². The summed E-state index contributed by atoms with van der Waals surface area (Å²) in [4.78, 5) is 0.245. The highest BCUT2D eigenvalue weighted by atomic mass is 32.2. The monoisotopic (exact) mass is 419 g/mol. The van der Waals surface area contributed by atoms with Crippen molar-refractivity contribution in [2.45, 2.75) is 42.9 Å². The van der Waals surface area contributed by atoms with E-state index in [0.29, 0.717) is 36.3 Å². The maximum absolute atomic E-state index is 12.8. The van der Waals surface area contributed by atoms with E-state index in [9.17, 15) is 8.42 Å². The van der Waals surface area contributed by atoms with E-state index in [1.54, 1.807) is 37.4 Å². The fraction of sp³-hybridized carbons (Fsp3) is 0.455. The molecule has 29 heavy (non-hydrogen) atoms. The second kappa shape index (κ2) is 9.98. The molecule has 1 saturated carbocycles. The molecule has 2 aromatic rings. The summed E-state index contributed by atoms with van der Waals surface area (Å²) in [6, 6.07) is 12.2. The van der Waals surface area contributed by atoms with Gasteiger partial charge in [-0.05, 0) is 48.6 Å². The Morgan fingerprint density at radius 3 is 2.31 bits per heavy atom. The zero-order valence-corrected chi connectivity index (χ0v) is 17.8. The Hall–Kier alpha value is -2.25. The van der Waals surface area contributed by atoms with Gasteiger partial charge in [-0.1, -0.05) is 31.4 Å². The lowest BCUT2D eigenvalue weighted by Gasteiger charge is -2.22. The summed E-state index contributed by atoms with van der Waals surface area (Å²) in [5.74, 6) is 1.53. The molecule has 0 amide bonds. The van der Waals surface area contributed by atoms with Crippen LogP contribution in [0.25, 0.3) is 0 Å². The summed E-state index contributed by atoms with van der Waals surface area (Å²) in [5, 5.41) is 0. The highest BCUT2D eigenvalue weighted by Crippen LogP contribution is 2.34. The van der Waals surface area contributed by atoms with Crippen molar-refractivity contribution in [3.05, 3.63) is 48.0 Å². The lowest BCUT2D eigenvalue weighted by atomic mass is 9.84. The second-order valence-corrected chi connectivity index (χ2v) is 8.90. The Morgan fingerprint density at radius 2 is 1.66 bits per heavy atom. The third-order valence-corrected chi connectivity index (χ3v) is 6.63. The van der Waals surface area contributed by atoms with E-state index in [2.05, 4.69) is 4.72 Å². The van der Waals surface area contributed by atoms with Gasteiger partial charge in [0.15, 0.2) is 11.5 Å². The highest BCUT2D eigenvalue weighted by molar-refractivity contribution is 7.92. The minimum atomic E-state index is -3.69. The first-order chi connectivity index (χ1) is 14.0. The van der Waals surface area contributed by atoms with Gasteiger partial charge in [-0.2, -0.15) is 0 Å². The van der Waals surface area contributed by atoms with E-state index in [-0.39, 0.29) is 4.90 Å². The third-order valence-electron chi connectivity index (χ3n) is 5.23. The van der Waals surface area contributed by atoms with Crippen molar-refractivity contribution in [2.75, 3.05) is 32.2 Å². The molecule has 0 bridgehead atoms. The van der Waals surface area contributed by atoms with Gasteiger partial charge in [0.05, 0.1) is 24.3 Å². The average molecular weight is 420 g/mol. The molecule has 0 aromatic heterocycles. The van der Waals surface area contributed by atoms with E-state index >= 15 is 0 Å². The minimum Gasteiger partial charge on any atom is -0.493 e. The predicted molar refractivity (Wildman–Crippen MR) is 113 cm³/mol. The maximum Gasteiger partial charge on any atom is 0.261 e. The number of sulfonamides is 1.